The number of nitrogens with one attached hydrogen (secondary N) is 1. The second-order valence-corrected chi connectivity index (χ2v) is 7.73. The third-order valence-electron chi connectivity index (χ3n) is 3.93. The van der Waals surface area contributed by atoms with Crippen molar-refractivity contribution in [3.8, 4) is 11.5 Å². The van der Waals surface area contributed by atoms with E-state index in [0.29, 0.717) is 30.4 Å². The molecule has 1 aliphatic heterocycles. The molecule has 9 heteroatoms. The lowest BCUT2D eigenvalue weighted by molar-refractivity contribution is -0.116. The third-order valence-corrected chi connectivity index (χ3v) is 5.85. The van der Waals surface area contributed by atoms with Crippen LogP contribution in [0.2, 0.25) is 0 Å². The zero-order chi connectivity index (χ0) is 19.4. The van der Waals surface area contributed by atoms with Crippen LogP contribution in [0.1, 0.15) is 6.92 Å². The monoisotopic (exact) mass is 394 g/mol. The Morgan fingerprint density at radius 3 is 2.59 bits per heavy atom. The number of rotatable bonds is 6. The summed E-state index contributed by atoms with van der Waals surface area (Å²) in [5.74, 6) is -0.0803. The summed E-state index contributed by atoms with van der Waals surface area (Å²) in [6.07, 6.45) is 0. The number of benzene rings is 2. The average Bonchev–Trinajstić information content (AvgIpc) is 2.66. The van der Waals surface area contributed by atoms with E-state index in [1.807, 2.05) is 0 Å². The van der Waals surface area contributed by atoms with Gasteiger partial charge >= 0.3 is 0 Å². The van der Waals surface area contributed by atoms with Crippen LogP contribution in [-0.2, 0) is 14.8 Å². The molecule has 7 nitrogen and oxygen atoms in total. The van der Waals surface area contributed by atoms with Gasteiger partial charge in [0.25, 0.3) is 0 Å². The fraction of sp³-hybridized carbons (Fsp3) is 0.278. The zero-order valence-electron chi connectivity index (χ0n) is 14.6. The largest absolute Gasteiger partial charge is 0.486 e. The van der Waals surface area contributed by atoms with Gasteiger partial charge < -0.3 is 14.8 Å². The van der Waals surface area contributed by atoms with Gasteiger partial charge in [-0.1, -0.05) is 13.0 Å². The van der Waals surface area contributed by atoms with Crippen LogP contribution in [0.5, 0.6) is 11.5 Å². The minimum Gasteiger partial charge on any atom is -0.486 e. The van der Waals surface area contributed by atoms with Crippen LogP contribution in [0, 0.1) is 5.82 Å². The highest BCUT2D eigenvalue weighted by atomic mass is 32.2. The van der Waals surface area contributed by atoms with Gasteiger partial charge in [-0.2, -0.15) is 4.31 Å². The highest BCUT2D eigenvalue weighted by Gasteiger charge is 2.26. The lowest BCUT2D eigenvalue weighted by Crippen LogP contribution is -2.37. The van der Waals surface area contributed by atoms with Crippen LogP contribution in [0.4, 0.5) is 10.1 Å². The molecule has 1 heterocycles. The molecule has 0 bridgehead atoms. The van der Waals surface area contributed by atoms with E-state index in [-0.39, 0.29) is 11.4 Å². The van der Waals surface area contributed by atoms with Crippen molar-refractivity contribution in [3.63, 3.8) is 0 Å². The molecule has 0 aliphatic carbocycles. The van der Waals surface area contributed by atoms with Crippen molar-refractivity contribution in [2.45, 2.75) is 11.8 Å². The SMILES string of the molecule is CCN(CC(=O)Nc1ccc2c(c1)OCCO2)S(=O)(=O)c1cccc(F)c1. The van der Waals surface area contributed by atoms with Crippen LogP contribution in [0.3, 0.4) is 0 Å². The van der Waals surface area contributed by atoms with E-state index in [1.165, 1.54) is 12.1 Å². The van der Waals surface area contributed by atoms with Crippen LogP contribution in [-0.4, -0.2) is 44.9 Å². The molecule has 0 fully saturated rings. The van der Waals surface area contributed by atoms with Crippen LogP contribution in [0.25, 0.3) is 0 Å². The number of halogens is 1. The van der Waals surface area contributed by atoms with Gasteiger partial charge in [0.2, 0.25) is 15.9 Å². The Kier molecular flexibility index (Phi) is 5.62. The van der Waals surface area contributed by atoms with E-state index in [0.717, 1.165) is 16.4 Å². The molecule has 0 aromatic heterocycles. The predicted octanol–water partition coefficient (Wildman–Crippen LogP) is 2.25. The first kappa shape index (κ1) is 19.1. The number of ether oxygens (including phenoxy) is 2. The highest BCUT2D eigenvalue weighted by molar-refractivity contribution is 7.89. The number of hydrogen-bond donors (Lipinski definition) is 1. The van der Waals surface area contributed by atoms with Crippen molar-refractivity contribution in [1.29, 1.82) is 0 Å². The number of nitrogens with zero attached hydrogens (tertiary/aromatic N) is 1. The molecule has 1 N–H and O–H groups in total. The number of carbonyl (C=O) groups is 1. The number of likely N-dealkylation sites (N-methyl/N-ethyl adjacent to an activating group) is 1. The van der Waals surface area contributed by atoms with Crippen molar-refractivity contribution < 1.29 is 27.1 Å². The van der Waals surface area contributed by atoms with E-state index in [2.05, 4.69) is 5.32 Å². The lowest BCUT2D eigenvalue weighted by Gasteiger charge is -2.21. The molecule has 27 heavy (non-hydrogen) atoms. The second kappa shape index (κ2) is 7.93. The molecule has 144 valence electrons. The standard InChI is InChI=1S/C18H19FN2O5S/c1-2-21(27(23,24)15-5-3-4-13(19)10-15)12-18(22)20-14-6-7-16-17(11-14)26-9-8-25-16/h3-7,10-11H,2,8-9,12H2,1H3,(H,20,22). The molecule has 3 rings (SSSR count). The first-order valence-corrected chi connectivity index (χ1v) is 9.79. The van der Waals surface area contributed by atoms with Gasteiger partial charge in [0.1, 0.15) is 19.0 Å². The Hall–Kier alpha value is -2.65. The van der Waals surface area contributed by atoms with E-state index in [1.54, 1.807) is 25.1 Å². The minimum atomic E-state index is -3.99. The molecular formula is C18H19FN2O5S. The van der Waals surface area contributed by atoms with Gasteiger partial charge in [-0.25, -0.2) is 12.8 Å². The number of amides is 1. The maximum absolute atomic E-state index is 13.4. The van der Waals surface area contributed by atoms with Crippen molar-refractivity contribution in [2.24, 2.45) is 0 Å². The summed E-state index contributed by atoms with van der Waals surface area (Å²) in [5.41, 5.74) is 0.462. The maximum atomic E-state index is 13.4. The fourth-order valence-electron chi connectivity index (χ4n) is 2.63. The average molecular weight is 394 g/mol. The maximum Gasteiger partial charge on any atom is 0.243 e. The number of carbonyl (C=O) groups excluding carboxylic acids is 1. The van der Waals surface area contributed by atoms with Crippen molar-refractivity contribution in [1.82, 2.24) is 4.31 Å². The number of fused-ring (bicyclic) bond motifs is 1. The molecular weight excluding hydrogens is 375 g/mol. The molecule has 0 saturated heterocycles. The Morgan fingerprint density at radius 2 is 1.89 bits per heavy atom. The summed E-state index contributed by atoms with van der Waals surface area (Å²) in [7, 11) is -3.99. The molecule has 0 spiro atoms. The number of sulfonamides is 1. The van der Waals surface area contributed by atoms with E-state index < -0.39 is 28.3 Å². The van der Waals surface area contributed by atoms with Crippen molar-refractivity contribution in [3.05, 3.63) is 48.3 Å². The molecule has 2 aromatic rings. The molecule has 0 unspecified atom stereocenters. The summed E-state index contributed by atoms with van der Waals surface area (Å²) in [5, 5.41) is 2.64. The second-order valence-electron chi connectivity index (χ2n) is 5.80. The summed E-state index contributed by atoms with van der Waals surface area (Å²) < 4.78 is 50.5. The van der Waals surface area contributed by atoms with Crippen LogP contribution < -0.4 is 14.8 Å². The van der Waals surface area contributed by atoms with Crippen LogP contribution in [0.15, 0.2) is 47.4 Å². The smallest absolute Gasteiger partial charge is 0.243 e. The topological polar surface area (TPSA) is 84.9 Å². The van der Waals surface area contributed by atoms with E-state index in [4.69, 9.17) is 9.47 Å². The van der Waals surface area contributed by atoms with Crippen molar-refractivity contribution >= 4 is 21.6 Å². The van der Waals surface area contributed by atoms with Gasteiger partial charge in [-0.3, -0.25) is 4.79 Å². The summed E-state index contributed by atoms with van der Waals surface area (Å²) >= 11 is 0. The van der Waals surface area contributed by atoms with Gasteiger partial charge in [0, 0.05) is 18.3 Å². The first-order chi connectivity index (χ1) is 12.9. The number of hydrogen-bond acceptors (Lipinski definition) is 5. The van der Waals surface area contributed by atoms with Gasteiger partial charge in [-0.05, 0) is 30.3 Å². The quantitative estimate of drug-likeness (QED) is 0.812. The van der Waals surface area contributed by atoms with Gasteiger partial charge in [0.15, 0.2) is 11.5 Å². The molecule has 0 saturated carbocycles. The summed E-state index contributed by atoms with van der Waals surface area (Å²) in [4.78, 5) is 12.1. The molecule has 0 atom stereocenters. The fourth-order valence-corrected chi connectivity index (χ4v) is 4.06. The van der Waals surface area contributed by atoms with Crippen molar-refractivity contribution in [2.75, 3.05) is 31.6 Å². The van der Waals surface area contributed by atoms with Gasteiger partial charge in [0.05, 0.1) is 11.4 Å². The lowest BCUT2D eigenvalue weighted by atomic mass is 10.2. The van der Waals surface area contributed by atoms with Crippen LogP contribution >= 0.6 is 0 Å². The minimum absolute atomic E-state index is 0.0629. The van der Waals surface area contributed by atoms with E-state index >= 15 is 0 Å². The Bertz CT molecular complexity index is 949. The third kappa shape index (κ3) is 4.37. The molecule has 1 aliphatic rings. The first-order valence-electron chi connectivity index (χ1n) is 8.35. The Balaban J connectivity index is 1.72. The zero-order valence-corrected chi connectivity index (χ0v) is 15.5. The highest BCUT2D eigenvalue weighted by Crippen LogP contribution is 2.32. The van der Waals surface area contributed by atoms with E-state index in [9.17, 15) is 17.6 Å². The summed E-state index contributed by atoms with van der Waals surface area (Å²) in [6.45, 7) is 2.15. The normalized spacial score (nSPS) is 13.4. The molecule has 2 aromatic carbocycles. The Morgan fingerprint density at radius 1 is 1.15 bits per heavy atom. The number of anilines is 1. The Labute approximate surface area is 156 Å². The molecule has 0 radical (unpaired) electrons. The van der Waals surface area contributed by atoms with Gasteiger partial charge in [-0.15, -0.1) is 0 Å². The predicted molar refractivity (Wildman–Crippen MR) is 96.9 cm³/mol. The summed E-state index contributed by atoms with van der Waals surface area (Å²) in [6, 6.07) is 9.61. The molecule has 1 amide bonds.